The topological polar surface area (TPSA) is 77.4 Å². The van der Waals surface area contributed by atoms with Crippen molar-refractivity contribution in [2.45, 2.75) is 52.8 Å². The predicted octanol–water partition coefficient (Wildman–Crippen LogP) is 1.72. The third-order valence-corrected chi connectivity index (χ3v) is 5.87. The van der Waals surface area contributed by atoms with E-state index in [2.05, 4.69) is 0 Å². The highest BCUT2D eigenvalue weighted by atomic mass is 32.2. The standard InChI is InChI=1S/C21H36N2O5S/c1-16(2)29(25,26)28-19-13-17(9-10-18(19)27-8)15-23(12-11-22(6)7)20(24)14-21(3,4)5/h9-10,13,16H,11-12,14-15H2,1-8H3/p+1. The van der Waals surface area contributed by atoms with Crippen LogP contribution in [0.1, 0.15) is 46.6 Å². The summed E-state index contributed by atoms with van der Waals surface area (Å²) in [5.74, 6) is 0.551. The summed E-state index contributed by atoms with van der Waals surface area (Å²) < 4.78 is 34.9. The minimum absolute atomic E-state index is 0.0758. The molecule has 0 bridgehead atoms. The van der Waals surface area contributed by atoms with Gasteiger partial charge in [0.25, 0.3) is 0 Å². The summed E-state index contributed by atoms with van der Waals surface area (Å²) in [5.41, 5.74) is 0.676. The molecule has 1 aromatic rings. The average Bonchev–Trinajstić information content (AvgIpc) is 2.56. The monoisotopic (exact) mass is 429 g/mol. The lowest BCUT2D eigenvalue weighted by Gasteiger charge is -2.27. The third-order valence-electron chi connectivity index (χ3n) is 4.30. The number of carbonyl (C=O) groups excluding carboxylic acids is 1. The smallest absolute Gasteiger partial charge is 0.311 e. The van der Waals surface area contributed by atoms with Crippen LogP contribution >= 0.6 is 0 Å². The number of hydrogen-bond donors (Lipinski definition) is 1. The summed E-state index contributed by atoms with van der Waals surface area (Å²) in [6.45, 7) is 11.0. The predicted molar refractivity (Wildman–Crippen MR) is 115 cm³/mol. The number of quaternary nitrogens is 1. The fraction of sp³-hybridized carbons (Fsp3) is 0.667. The van der Waals surface area contributed by atoms with Gasteiger partial charge in [0.05, 0.1) is 39.5 Å². The molecular weight excluding hydrogens is 392 g/mol. The first-order chi connectivity index (χ1) is 13.2. The molecule has 0 aromatic heterocycles. The molecule has 1 N–H and O–H groups in total. The maximum absolute atomic E-state index is 12.9. The van der Waals surface area contributed by atoms with Gasteiger partial charge >= 0.3 is 10.1 Å². The number of carbonyl (C=O) groups is 1. The van der Waals surface area contributed by atoms with Crippen molar-refractivity contribution in [3.8, 4) is 11.5 Å². The fourth-order valence-electron chi connectivity index (χ4n) is 2.54. The molecule has 1 amide bonds. The Morgan fingerprint density at radius 2 is 1.79 bits per heavy atom. The lowest BCUT2D eigenvalue weighted by atomic mass is 9.91. The van der Waals surface area contributed by atoms with Gasteiger partial charge in [0, 0.05) is 13.0 Å². The summed E-state index contributed by atoms with van der Waals surface area (Å²) in [4.78, 5) is 15.9. The summed E-state index contributed by atoms with van der Waals surface area (Å²) in [5, 5.41) is -0.677. The van der Waals surface area contributed by atoms with Crippen LogP contribution in [0.15, 0.2) is 18.2 Å². The molecule has 0 aliphatic rings. The molecule has 166 valence electrons. The van der Waals surface area contributed by atoms with Crippen molar-refractivity contribution in [2.75, 3.05) is 34.3 Å². The van der Waals surface area contributed by atoms with Crippen molar-refractivity contribution in [2.24, 2.45) is 5.41 Å². The molecule has 0 heterocycles. The van der Waals surface area contributed by atoms with Crippen molar-refractivity contribution in [1.29, 1.82) is 0 Å². The zero-order chi connectivity index (χ0) is 22.4. The summed E-state index contributed by atoms with van der Waals surface area (Å²) in [7, 11) is 1.79. The second kappa shape index (κ2) is 10.3. The number of rotatable bonds is 10. The van der Waals surface area contributed by atoms with E-state index in [0.717, 1.165) is 12.1 Å². The summed E-state index contributed by atoms with van der Waals surface area (Å²) in [6, 6.07) is 5.14. The van der Waals surface area contributed by atoms with Crippen LogP contribution in [0, 0.1) is 5.41 Å². The first kappa shape index (κ1) is 25.2. The van der Waals surface area contributed by atoms with Crippen molar-refractivity contribution in [1.82, 2.24) is 4.90 Å². The molecule has 1 aromatic carbocycles. The Labute approximate surface area is 176 Å². The van der Waals surface area contributed by atoms with Crippen LogP contribution in [0.4, 0.5) is 0 Å². The molecule has 1 rings (SSSR count). The van der Waals surface area contributed by atoms with E-state index in [0.29, 0.717) is 25.3 Å². The van der Waals surface area contributed by atoms with E-state index < -0.39 is 15.4 Å². The Morgan fingerprint density at radius 3 is 2.28 bits per heavy atom. The number of benzene rings is 1. The van der Waals surface area contributed by atoms with E-state index in [4.69, 9.17) is 8.92 Å². The van der Waals surface area contributed by atoms with Gasteiger partial charge in [-0.3, -0.25) is 4.79 Å². The molecule has 0 saturated carbocycles. The van der Waals surface area contributed by atoms with Crippen LogP contribution in [-0.4, -0.2) is 58.8 Å². The van der Waals surface area contributed by atoms with Gasteiger partial charge in [0.15, 0.2) is 11.5 Å². The summed E-state index contributed by atoms with van der Waals surface area (Å²) >= 11 is 0. The number of amides is 1. The van der Waals surface area contributed by atoms with E-state index in [9.17, 15) is 13.2 Å². The maximum atomic E-state index is 12.9. The van der Waals surface area contributed by atoms with Gasteiger partial charge < -0.3 is 18.7 Å². The molecular formula is C21H37N2O5S+. The number of nitrogens with zero attached hydrogens (tertiary/aromatic N) is 1. The molecule has 29 heavy (non-hydrogen) atoms. The van der Waals surface area contributed by atoms with Crippen LogP contribution in [-0.2, 0) is 21.5 Å². The lowest BCUT2D eigenvalue weighted by molar-refractivity contribution is -0.857. The van der Waals surface area contributed by atoms with Crippen LogP contribution in [0.5, 0.6) is 11.5 Å². The largest absolute Gasteiger partial charge is 0.493 e. The second-order valence-corrected chi connectivity index (χ2v) is 11.2. The average molecular weight is 430 g/mol. The zero-order valence-corrected chi connectivity index (χ0v) is 19.9. The molecule has 0 saturated heterocycles. The van der Waals surface area contributed by atoms with Gasteiger partial charge in [-0.2, -0.15) is 8.42 Å². The second-order valence-electron chi connectivity index (χ2n) is 9.12. The lowest BCUT2D eigenvalue weighted by Crippen LogP contribution is -3.06. The van der Waals surface area contributed by atoms with Gasteiger partial charge in [-0.05, 0) is 37.0 Å². The Balaban J connectivity index is 3.14. The SMILES string of the molecule is COc1ccc(CN(CC[NH+](C)C)C(=O)CC(C)(C)C)cc1OS(=O)(=O)C(C)C. The highest BCUT2D eigenvalue weighted by Gasteiger charge is 2.24. The van der Waals surface area contributed by atoms with E-state index in [1.54, 1.807) is 26.0 Å². The Morgan fingerprint density at radius 1 is 1.17 bits per heavy atom. The minimum atomic E-state index is -3.75. The van der Waals surface area contributed by atoms with Gasteiger partial charge in [0.1, 0.15) is 0 Å². The van der Waals surface area contributed by atoms with Crippen LogP contribution < -0.4 is 13.8 Å². The molecule has 0 atom stereocenters. The molecule has 0 aliphatic carbocycles. The quantitative estimate of drug-likeness (QED) is 0.573. The Kier molecular flexibility index (Phi) is 8.96. The van der Waals surface area contributed by atoms with Crippen LogP contribution in [0.2, 0.25) is 0 Å². The van der Waals surface area contributed by atoms with Gasteiger partial charge in [-0.1, -0.05) is 26.8 Å². The third kappa shape index (κ3) is 8.62. The van der Waals surface area contributed by atoms with E-state index >= 15 is 0 Å². The van der Waals surface area contributed by atoms with Gasteiger partial charge in [-0.15, -0.1) is 0 Å². The molecule has 0 spiro atoms. The van der Waals surface area contributed by atoms with E-state index in [-0.39, 0.29) is 17.1 Å². The van der Waals surface area contributed by atoms with Crippen molar-refractivity contribution in [3.63, 3.8) is 0 Å². The minimum Gasteiger partial charge on any atom is -0.493 e. The molecule has 0 fully saturated rings. The fourth-order valence-corrected chi connectivity index (χ4v) is 3.12. The number of methoxy groups -OCH3 is 1. The number of hydrogen-bond acceptors (Lipinski definition) is 5. The first-order valence-corrected chi connectivity index (χ1v) is 11.4. The highest BCUT2D eigenvalue weighted by molar-refractivity contribution is 7.87. The van der Waals surface area contributed by atoms with Crippen molar-refractivity contribution < 1.29 is 27.0 Å². The number of ether oxygens (including phenoxy) is 1. The molecule has 8 heteroatoms. The Bertz CT molecular complexity index is 783. The number of nitrogens with one attached hydrogen (secondary N) is 1. The van der Waals surface area contributed by atoms with Gasteiger partial charge in [-0.25, -0.2) is 0 Å². The summed E-state index contributed by atoms with van der Waals surface area (Å²) in [6.07, 6.45) is 0.441. The molecule has 0 radical (unpaired) electrons. The van der Waals surface area contributed by atoms with Crippen molar-refractivity contribution >= 4 is 16.0 Å². The van der Waals surface area contributed by atoms with Crippen LogP contribution in [0.3, 0.4) is 0 Å². The van der Waals surface area contributed by atoms with E-state index in [1.807, 2.05) is 45.8 Å². The highest BCUT2D eigenvalue weighted by Crippen LogP contribution is 2.31. The first-order valence-electron chi connectivity index (χ1n) is 9.92. The molecule has 0 unspecified atom stereocenters. The normalized spacial score (nSPS) is 12.3. The molecule has 0 aliphatic heterocycles. The van der Waals surface area contributed by atoms with Gasteiger partial charge in [0.2, 0.25) is 5.91 Å². The zero-order valence-electron chi connectivity index (χ0n) is 19.0. The van der Waals surface area contributed by atoms with Crippen LogP contribution in [0.25, 0.3) is 0 Å². The Hall–Kier alpha value is -1.80. The number of likely N-dealkylation sites (N-methyl/N-ethyl adjacent to an activating group) is 1. The maximum Gasteiger partial charge on any atom is 0.311 e. The van der Waals surface area contributed by atoms with Crippen molar-refractivity contribution in [3.05, 3.63) is 23.8 Å². The van der Waals surface area contributed by atoms with E-state index in [1.165, 1.54) is 12.0 Å². The molecule has 7 nitrogen and oxygen atoms in total.